The normalized spacial score (nSPS) is 11.8. The lowest BCUT2D eigenvalue weighted by molar-refractivity contribution is -0.145. The van der Waals surface area contributed by atoms with Gasteiger partial charge >= 0.3 is 5.97 Å². The molecule has 0 aliphatic heterocycles. The predicted octanol–water partition coefficient (Wildman–Crippen LogP) is 3.73. The van der Waals surface area contributed by atoms with Crippen LogP contribution in [0.3, 0.4) is 0 Å². The number of aryl methyl sites for hydroxylation is 1. The number of para-hydroxylation sites is 2. The van der Waals surface area contributed by atoms with Gasteiger partial charge in [-0.25, -0.2) is 4.79 Å². The van der Waals surface area contributed by atoms with Gasteiger partial charge in [0.05, 0.1) is 7.11 Å². The number of carboxylic acids is 1. The second-order valence-electron chi connectivity index (χ2n) is 4.87. The van der Waals surface area contributed by atoms with E-state index in [0.29, 0.717) is 16.5 Å². The third-order valence-corrected chi connectivity index (χ3v) is 3.57. The van der Waals surface area contributed by atoms with E-state index < -0.39 is 12.1 Å². The minimum Gasteiger partial charge on any atom is -0.493 e. The molecule has 0 amide bonds. The number of hydrogen-bond acceptors (Lipinski definition) is 3. The number of ether oxygens (including phenoxy) is 2. The molecular weight excluding hydrogens is 304 g/mol. The average molecular weight is 321 g/mol. The first-order valence-corrected chi connectivity index (χ1v) is 7.16. The van der Waals surface area contributed by atoms with E-state index >= 15 is 0 Å². The van der Waals surface area contributed by atoms with Crippen molar-refractivity contribution in [2.24, 2.45) is 0 Å². The van der Waals surface area contributed by atoms with Crippen molar-refractivity contribution in [2.75, 3.05) is 7.11 Å². The lowest BCUT2D eigenvalue weighted by Gasteiger charge is -2.18. The van der Waals surface area contributed by atoms with E-state index in [9.17, 15) is 9.90 Å². The van der Waals surface area contributed by atoms with Gasteiger partial charge in [-0.3, -0.25) is 0 Å². The standard InChI is InChI=1S/C17H17ClO4/c1-11-7-8-13(18)9-12(11)10-16(17(19)20)22-15-6-4-3-5-14(15)21-2/h3-9,16H,10H2,1-2H3,(H,19,20)/t16-/m0/s1. The Bertz CT molecular complexity index is 669. The Morgan fingerprint density at radius 2 is 1.91 bits per heavy atom. The minimum absolute atomic E-state index is 0.222. The Morgan fingerprint density at radius 1 is 1.23 bits per heavy atom. The van der Waals surface area contributed by atoms with Crippen molar-refractivity contribution in [3.05, 3.63) is 58.6 Å². The van der Waals surface area contributed by atoms with Crippen molar-refractivity contribution in [3.8, 4) is 11.5 Å². The number of aliphatic carboxylic acids is 1. The van der Waals surface area contributed by atoms with Crippen molar-refractivity contribution < 1.29 is 19.4 Å². The van der Waals surface area contributed by atoms with Crippen LogP contribution in [-0.4, -0.2) is 24.3 Å². The van der Waals surface area contributed by atoms with Crippen molar-refractivity contribution in [1.29, 1.82) is 0 Å². The highest BCUT2D eigenvalue weighted by Crippen LogP contribution is 2.28. The maximum absolute atomic E-state index is 11.5. The molecule has 0 fully saturated rings. The maximum Gasteiger partial charge on any atom is 0.345 e. The van der Waals surface area contributed by atoms with E-state index in [4.69, 9.17) is 21.1 Å². The molecule has 2 aromatic rings. The van der Waals surface area contributed by atoms with Crippen LogP contribution >= 0.6 is 11.6 Å². The highest BCUT2D eigenvalue weighted by Gasteiger charge is 2.22. The summed E-state index contributed by atoms with van der Waals surface area (Å²) in [7, 11) is 1.51. The molecule has 0 spiro atoms. The Morgan fingerprint density at radius 3 is 2.55 bits per heavy atom. The number of hydrogen-bond donors (Lipinski definition) is 1. The van der Waals surface area contributed by atoms with E-state index in [2.05, 4.69) is 0 Å². The van der Waals surface area contributed by atoms with Crippen LogP contribution in [0.15, 0.2) is 42.5 Å². The topological polar surface area (TPSA) is 55.8 Å². The van der Waals surface area contributed by atoms with Gasteiger partial charge in [0.25, 0.3) is 0 Å². The van der Waals surface area contributed by atoms with Crippen LogP contribution < -0.4 is 9.47 Å². The molecule has 22 heavy (non-hydrogen) atoms. The molecule has 0 radical (unpaired) electrons. The van der Waals surface area contributed by atoms with Crippen LogP contribution in [0, 0.1) is 6.92 Å². The zero-order chi connectivity index (χ0) is 16.1. The first kappa shape index (κ1) is 16.2. The lowest BCUT2D eigenvalue weighted by atomic mass is 10.0. The van der Waals surface area contributed by atoms with Gasteiger partial charge in [0.1, 0.15) is 0 Å². The summed E-state index contributed by atoms with van der Waals surface area (Å²) in [6.45, 7) is 1.91. The summed E-state index contributed by atoms with van der Waals surface area (Å²) in [5.74, 6) is -0.140. The number of benzene rings is 2. The molecule has 0 aromatic heterocycles. The number of carbonyl (C=O) groups is 1. The van der Waals surface area contributed by atoms with Crippen LogP contribution in [0.25, 0.3) is 0 Å². The van der Waals surface area contributed by atoms with Crippen molar-refractivity contribution >= 4 is 17.6 Å². The molecular formula is C17H17ClO4. The largest absolute Gasteiger partial charge is 0.493 e. The fraction of sp³-hybridized carbons (Fsp3) is 0.235. The van der Waals surface area contributed by atoms with Gasteiger partial charge in [0.2, 0.25) is 0 Å². The highest BCUT2D eigenvalue weighted by molar-refractivity contribution is 6.30. The molecule has 0 heterocycles. The molecule has 116 valence electrons. The molecule has 0 saturated heterocycles. The average Bonchev–Trinajstić information content (AvgIpc) is 2.50. The summed E-state index contributed by atoms with van der Waals surface area (Å²) >= 11 is 5.98. The SMILES string of the molecule is COc1ccccc1O[C@@H](Cc1cc(Cl)ccc1C)C(=O)O. The van der Waals surface area contributed by atoms with Gasteiger partial charge in [0.15, 0.2) is 17.6 Å². The highest BCUT2D eigenvalue weighted by atomic mass is 35.5. The second kappa shape index (κ2) is 7.18. The molecule has 4 nitrogen and oxygen atoms in total. The van der Waals surface area contributed by atoms with E-state index in [1.165, 1.54) is 7.11 Å². The van der Waals surface area contributed by atoms with Crippen LogP contribution in [-0.2, 0) is 11.2 Å². The molecule has 1 N–H and O–H groups in total. The zero-order valence-electron chi connectivity index (χ0n) is 12.4. The van der Waals surface area contributed by atoms with Crippen molar-refractivity contribution in [3.63, 3.8) is 0 Å². The molecule has 2 aromatic carbocycles. The van der Waals surface area contributed by atoms with E-state index in [1.807, 2.05) is 13.0 Å². The zero-order valence-corrected chi connectivity index (χ0v) is 13.1. The van der Waals surface area contributed by atoms with Crippen LogP contribution in [0.5, 0.6) is 11.5 Å². The van der Waals surface area contributed by atoms with Crippen molar-refractivity contribution in [1.82, 2.24) is 0 Å². The van der Waals surface area contributed by atoms with Gasteiger partial charge in [-0.1, -0.05) is 29.8 Å². The first-order chi connectivity index (χ1) is 10.5. The Balaban J connectivity index is 2.24. The van der Waals surface area contributed by atoms with Gasteiger partial charge < -0.3 is 14.6 Å². The Labute approximate surface area is 134 Å². The monoisotopic (exact) mass is 320 g/mol. The molecule has 2 rings (SSSR count). The number of methoxy groups -OCH3 is 1. The van der Waals surface area contributed by atoms with E-state index in [-0.39, 0.29) is 6.42 Å². The summed E-state index contributed by atoms with van der Waals surface area (Å²) in [5.41, 5.74) is 1.81. The van der Waals surface area contributed by atoms with Gasteiger partial charge in [0, 0.05) is 11.4 Å². The fourth-order valence-electron chi connectivity index (χ4n) is 2.11. The van der Waals surface area contributed by atoms with Gasteiger partial charge in [-0.15, -0.1) is 0 Å². The molecule has 0 unspecified atom stereocenters. The molecule has 0 bridgehead atoms. The number of halogens is 1. The smallest absolute Gasteiger partial charge is 0.345 e. The summed E-state index contributed by atoms with van der Waals surface area (Å²) in [5, 5.41) is 9.99. The maximum atomic E-state index is 11.5. The minimum atomic E-state index is -1.04. The molecule has 0 aliphatic carbocycles. The van der Waals surface area contributed by atoms with Crippen LogP contribution in [0.1, 0.15) is 11.1 Å². The third-order valence-electron chi connectivity index (χ3n) is 3.33. The second-order valence-corrected chi connectivity index (χ2v) is 5.31. The molecule has 0 saturated carbocycles. The molecule has 5 heteroatoms. The summed E-state index contributed by atoms with van der Waals surface area (Å²) in [4.78, 5) is 11.5. The first-order valence-electron chi connectivity index (χ1n) is 6.78. The summed E-state index contributed by atoms with van der Waals surface area (Å²) < 4.78 is 10.8. The van der Waals surface area contributed by atoms with Gasteiger partial charge in [-0.2, -0.15) is 0 Å². The fourth-order valence-corrected chi connectivity index (χ4v) is 2.30. The third kappa shape index (κ3) is 3.92. The van der Waals surface area contributed by atoms with Crippen LogP contribution in [0.2, 0.25) is 5.02 Å². The van der Waals surface area contributed by atoms with E-state index in [1.54, 1.807) is 36.4 Å². The quantitative estimate of drug-likeness (QED) is 0.881. The van der Waals surface area contributed by atoms with Crippen molar-refractivity contribution in [2.45, 2.75) is 19.4 Å². The number of carboxylic acid groups (broad SMARTS) is 1. The Hall–Kier alpha value is -2.20. The number of rotatable bonds is 6. The predicted molar refractivity (Wildman–Crippen MR) is 84.9 cm³/mol. The Kier molecular flexibility index (Phi) is 5.28. The van der Waals surface area contributed by atoms with Crippen LogP contribution in [0.4, 0.5) is 0 Å². The summed E-state index contributed by atoms with van der Waals surface area (Å²) in [6, 6.07) is 12.4. The lowest BCUT2D eigenvalue weighted by Crippen LogP contribution is -2.29. The van der Waals surface area contributed by atoms with Gasteiger partial charge in [-0.05, 0) is 42.3 Å². The summed E-state index contributed by atoms with van der Waals surface area (Å²) in [6.07, 6.45) is -0.798. The van der Waals surface area contributed by atoms with E-state index in [0.717, 1.165) is 11.1 Å². The molecule has 0 aliphatic rings. The molecule has 1 atom stereocenters.